The molecule has 0 heterocycles. The van der Waals surface area contributed by atoms with Crippen molar-refractivity contribution >= 4 is 30.3 Å². The summed E-state index contributed by atoms with van der Waals surface area (Å²) in [4.78, 5) is 0. The lowest BCUT2D eigenvalue weighted by atomic mass is 9.82. The summed E-state index contributed by atoms with van der Waals surface area (Å²) >= 11 is 11.4. The van der Waals surface area contributed by atoms with Gasteiger partial charge in [-0.1, -0.05) is 29.3 Å². The van der Waals surface area contributed by atoms with Crippen molar-refractivity contribution in [2.24, 2.45) is 0 Å². The highest BCUT2D eigenvalue weighted by Crippen LogP contribution is 2.21. The minimum absolute atomic E-state index is 0.121. The zero-order chi connectivity index (χ0) is 9.14. The van der Waals surface area contributed by atoms with Gasteiger partial charge in [-0.15, -0.1) is 0 Å². The molecule has 0 spiro atoms. The second kappa shape index (κ2) is 4.14. The number of benzene rings is 1. The first kappa shape index (κ1) is 9.87. The third-order valence-corrected chi connectivity index (χ3v) is 2.00. The Morgan fingerprint density at radius 2 is 1.92 bits per heavy atom. The van der Waals surface area contributed by atoms with Gasteiger partial charge in [-0.25, -0.2) is 0 Å². The lowest BCUT2D eigenvalue weighted by Crippen LogP contribution is -2.15. The van der Waals surface area contributed by atoms with Gasteiger partial charge in [-0.05, 0) is 17.7 Å². The molecule has 2 nitrogen and oxygen atoms in total. The SMILES string of the molecule is OB(O)Cc1ccc(Cl)cc1Cl. The Kier molecular flexibility index (Phi) is 3.41. The van der Waals surface area contributed by atoms with Crippen LogP contribution in [-0.4, -0.2) is 17.2 Å². The summed E-state index contributed by atoms with van der Waals surface area (Å²) in [6.07, 6.45) is 0.121. The fraction of sp³-hybridized carbons (Fsp3) is 0.143. The Morgan fingerprint density at radius 3 is 2.42 bits per heavy atom. The van der Waals surface area contributed by atoms with E-state index < -0.39 is 7.12 Å². The zero-order valence-corrected chi connectivity index (χ0v) is 7.68. The van der Waals surface area contributed by atoms with Crippen molar-refractivity contribution in [2.75, 3.05) is 0 Å². The van der Waals surface area contributed by atoms with E-state index in [0.717, 1.165) is 0 Å². The van der Waals surface area contributed by atoms with Crippen molar-refractivity contribution in [3.05, 3.63) is 33.8 Å². The van der Waals surface area contributed by atoms with Gasteiger partial charge in [0.25, 0.3) is 0 Å². The predicted octanol–water partition coefficient (Wildman–Crippen LogP) is 1.55. The van der Waals surface area contributed by atoms with Crippen molar-refractivity contribution < 1.29 is 10.0 Å². The van der Waals surface area contributed by atoms with Gasteiger partial charge in [0.1, 0.15) is 0 Å². The van der Waals surface area contributed by atoms with E-state index in [1.165, 1.54) is 0 Å². The van der Waals surface area contributed by atoms with Gasteiger partial charge in [0.05, 0.1) is 0 Å². The lowest BCUT2D eigenvalue weighted by molar-refractivity contribution is 0.405. The van der Waals surface area contributed by atoms with Crippen molar-refractivity contribution in [2.45, 2.75) is 6.32 Å². The molecule has 0 aliphatic heterocycles. The molecule has 0 aliphatic carbocycles. The highest BCUT2D eigenvalue weighted by molar-refractivity contribution is 6.41. The van der Waals surface area contributed by atoms with Crippen LogP contribution >= 0.6 is 23.2 Å². The first-order valence-electron chi connectivity index (χ1n) is 3.39. The highest BCUT2D eigenvalue weighted by atomic mass is 35.5. The van der Waals surface area contributed by atoms with Gasteiger partial charge in [0, 0.05) is 16.4 Å². The maximum absolute atomic E-state index is 8.66. The van der Waals surface area contributed by atoms with E-state index in [-0.39, 0.29) is 6.32 Å². The van der Waals surface area contributed by atoms with Crippen LogP contribution in [0, 0.1) is 0 Å². The van der Waals surface area contributed by atoms with Gasteiger partial charge in [-0.3, -0.25) is 0 Å². The van der Waals surface area contributed by atoms with Crippen LogP contribution in [0.3, 0.4) is 0 Å². The van der Waals surface area contributed by atoms with E-state index in [9.17, 15) is 0 Å². The summed E-state index contributed by atoms with van der Waals surface area (Å²) < 4.78 is 0. The molecule has 0 saturated carbocycles. The largest absolute Gasteiger partial charge is 0.456 e. The predicted molar refractivity (Wildman–Crippen MR) is 50.4 cm³/mol. The van der Waals surface area contributed by atoms with E-state index in [1.54, 1.807) is 18.2 Å². The molecule has 0 fully saturated rings. The Labute approximate surface area is 80.9 Å². The van der Waals surface area contributed by atoms with Gasteiger partial charge in [0.15, 0.2) is 0 Å². The maximum atomic E-state index is 8.66. The summed E-state index contributed by atoms with van der Waals surface area (Å²) in [6.45, 7) is 0. The molecule has 0 aliphatic rings. The topological polar surface area (TPSA) is 40.5 Å². The van der Waals surface area contributed by atoms with Crippen LogP contribution in [-0.2, 0) is 6.32 Å². The quantitative estimate of drug-likeness (QED) is 0.718. The van der Waals surface area contributed by atoms with Crippen LogP contribution in [0.2, 0.25) is 10.0 Å². The smallest absolute Gasteiger partial charge is 0.427 e. The summed E-state index contributed by atoms with van der Waals surface area (Å²) in [6, 6.07) is 4.90. The maximum Gasteiger partial charge on any atom is 0.456 e. The molecule has 1 aromatic carbocycles. The number of halogens is 2. The molecule has 64 valence electrons. The first-order chi connectivity index (χ1) is 5.59. The molecular formula is C7H7BCl2O2. The Bertz CT molecular complexity index is 278. The van der Waals surface area contributed by atoms with E-state index in [4.69, 9.17) is 33.2 Å². The third kappa shape index (κ3) is 2.68. The number of rotatable bonds is 2. The van der Waals surface area contributed by atoms with Gasteiger partial charge < -0.3 is 10.0 Å². The molecule has 0 saturated heterocycles. The van der Waals surface area contributed by atoms with Crippen molar-refractivity contribution in [1.82, 2.24) is 0 Å². The second-order valence-electron chi connectivity index (χ2n) is 2.42. The van der Waals surface area contributed by atoms with E-state index in [2.05, 4.69) is 0 Å². The average Bonchev–Trinajstić information content (AvgIpc) is 1.94. The standard InChI is InChI=1S/C7H7BCl2O2/c9-6-2-1-5(4-8(11)12)7(10)3-6/h1-3,11-12H,4H2. The summed E-state index contributed by atoms with van der Waals surface area (Å²) in [7, 11) is -1.37. The molecule has 1 aromatic rings. The minimum atomic E-state index is -1.37. The normalized spacial score (nSPS) is 10.0. The van der Waals surface area contributed by atoms with Crippen molar-refractivity contribution in [3.8, 4) is 0 Å². The van der Waals surface area contributed by atoms with Gasteiger partial charge in [-0.2, -0.15) is 0 Å². The highest BCUT2D eigenvalue weighted by Gasteiger charge is 2.10. The molecule has 0 unspecified atom stereocenters. The molecule has 0 aromatic heterocycles. The van der Waals surface area contributed by atoms with Crippen LogP contribution in [0.25, 0.3) is 0 Å². The first-order valence-corrected chi connectivity index (χ1v) is 4.15. The zero-order valence-electron chi connectivity index (χ0n) is 6.17. The monoisotopic (exact) mass is 204 g/mol. The Balaban J connectivity index is 2.86. The van der Waals surface area contributed by atoms with Crippen molar-refractivity contribution in [3.63, 3.8) is 0 Å². The summed E-state index contributed by atoms with van der Waals surface area (Å²) in [5.41, 5.74) is 0.677. The van der Waals surface area contributed by atoms with E-state index in [1.807, 2.05) is 0 Å². The van der Waals surface area contributed by atoms with Crippen LogP contribution in [0.5, 0.6) is 0 Å². The molecule has 12 heavy (non-hydrogen) atoms. The Morgan fingerprint density at radius 1 is 1.25 bits per heavy atom. The Hall–Kier alpha value is -0.215. The summed E-state index contributed by atoms with van der Waals surface area (Å²) in [5, 5.41) is 18.3. The van der Waals surface area contributed by atoms with E-state index >= 15 is 0 Å². The minimum Gasteiger partial charge on any atom is -0.427 e. The molecule has 0 radical (unpaired) electrons. The van der Waals surface area contributed by atoms with Crippen LogP contribution in [0.4, 0.5) is 0 Å². The average molecular weight is 205 g/mol. The van der Waals surface area contributed by atoms with Gasteiger partial charge >= 0.3 is 7.12 Å². The molecule has 0 bridgehead atoms. The number of hydrogen-bond donors (Lipinski definition) is 2. The van der Waals surface area contributed by atoms with Crippen LogP contribution < -0.4 is 0 Å². The number of hydrogen-bond acceptors (Lipinski definition) is 2. The second-order valence-corrected chi connectivity index (χ2v) is 3.26. The molecule has 1 rings (SSSR count). The van der Waals surface area contributed by atoms with Gasteiger partial charge in [0.2, 0.25) is 0 Å². The van der Waals surface area contributed by atoms with Crippen molar-refractivity contribution in [1.29, 1.82) is 0 Å². The van der Waals surface area contributed by atoms with Crippen LogP contribution in [0.1, 0.15) is 5.56 Å². The summed E-state index contributed by atoms with van der Waals surface area (Å²) in [5.74, 6) is 0. The van der Waals surface area contributed by atoms with Crippen LogP contribution in [0.15, 0.2) is 18.2 Å². The molecule has 0 amide bonds. The fourth-order valence-corrected chi connectivity index (χ4v) is 1.37. The lowest BCUT2D eigenvalue weighted by Gasteiger charge is -2.02. The third-order valence-electron chi connectivity index (χ3n) is 1.42. The molecular weight excluding hydrogens is 198 g/mol. The fourth-order valence-electron chi connectivity index (χ4n) is 0.884. The van der Waals surface area contributed by atoms with E-state index in [0.29, 0.717) is 15.6 Å². The molecule has 5 heteroatoms. The molecule has 0 atom stereocenters. The molecule has 2 N–H and O–H groups in total.